The zero-order valence-electron chi connectivity index (χ0n) is 9.93. The minimum Gasteiger partial charge on any atom is -0.374 e. The zero-order chi connectivity index (χ0) is 12.1. The number of hydrogen-bond donors (Lipinski definition) is 0. The molecule has 0 aromatic carbocycles. The molecule has 0 aromatic heterocycles. The lowest BCUT2D eigenvalue weighted by Crippen LogP contribution is -2.40. The summed E-state index contributed by atoms with van der Waals surface area (Å²) < 4.78 is 7.19. The molecule has 0 bridgehead atoms. The lowest BCUT2D eigenvalue weighted by molar-refractivity contribution is -0.0782. The summed E-state index contributed by atoms with van der Waals surface area (Å²) in [6.07, 6.45) is 4.35. The Labute approximate surface area is 110 Å². The summed E-state index contributed by atoms with van der Waals surface area (Å²) >= 11 is 2.31. The van der Waals surface area contributed by atoms with Crippen molar-refractivity contribution >= 4 is 22.6 Å². The molecule has 1 saturated heterocycles. The largest absolute Gasteiger partial charge is 0.374 e. The van der Waals surface area contributed by atoms with Gasteiger partial charge in [-0.3, -0.25) is 0 Å². The van der Waals surface area contributed by atoms with Gasteiger partial charge in [0.1, 0.15) is 0 Å². The minimum absolute atomic E-state index is 0.0130. The van der Waals surface area contributed by atoms with Crippen LogP contribution in [0.2, 0.25) is 0 Å². The number of azide groups is 1. The predicted octanol–water partition coefficient (Wildman–Crippen LogP) is 4.21. The quantitative estimate of drug-likeness (QED) is 0.330. The molecule has 0 spiro atoms. The summed E-state index contributed by atoms with van der Waals surface area (Å²) in [5.41, 5.74) is 8.46. The van der Waals surface area contributed by atoms with Crippen molar-refractivity contribution in [1.82, 2.24) is 0 Å². The van der Waals surface area contributed by atoms with Gasteiger partial charge in [-0.15, -0.1) is 0 Å². The molecule has 16 heavy (non-hydrogen) atoms. The first-order chi connectivity index (χ1) is 7.54. The van der Waals surface area contributed by atoms with Crippen LogP contribution in [0.15, 0.2) is 14.8 Å². The van der Waals surface area contributed by atoms with E-state index in [2.05, 4.69) is 52.5 Å². The highest BCUT2D eigenvalue weighted by Gasteiger charge is 2.32. The van der Waals surface area contributed by atoms with Crippen LogP contribution in [0.5, 0.6) is 0 Å². The molecule has 0 aliphatic carbocycles. The zero-order valence-corrected chi connectivity index (χ0v) is 12.1. The van der Waals surface area contributed by atoms with Crippen molar-refractivity contribution in [2.24, 2.45) is 11.0 Å². The third-order valence-corrected chi connectivity index (χ3v) is 3.45. The van der Waals surface area contributed by atoms with E-state index >= 15 is 0 Å². The van der Waals surface area contributed by atoms with Gasteiger partial charge in [0.25, 0.3) is 0 Å². The van der Waals surface area contributed by atoms with E-state index in [-0.39, 0.29) is 18.2 Å². The molecule has 5 heteroatoms. The first-order valence-corrected chi connectivity index (χ1v) is 6.64. The van der Waals surface area contributed by atoms with Crippen molar-refractivity contribution in [2.45, 2.75) is 51.9 Å². The lowest BCUT2D eigenvalue weighted by Gasteiger charge is -2.36. The van der Waals surface area contributed by atoms with E-state index in [0.29, 0.717) is 5.92 Å². The molecule has 0 amide bonds. The molecule has 0 N–H and O–H groups in total. The number of ether oxygens (including phenoxy) is 1. The molecule has 1 aliphatic rings. The Balaban J connectivity index is 2.59. The van der Waals surface area contributed by atoms with Crippen molar-refractivity contribution in [1.29, 1.82) is 0 Å². The molecule has 4 nitrogen and oxygen atoms in total. The first-order valence-electron chi connectivity index (χ1n) is 5.56. The Morgan fingerprint density at radius 2 is 2.31 bits per heavy atom. The Hall–Kier alpha value is -0.260. The van der Waals surface area contributed by atoms with Gasteiger partial charge in [0.15, 0.2) is 0 Å². The summed E-state index contributed by atoms with van der Waals surface area (Å²) in [6.45, 7) is 6.23. The van der Waals surface area contributed by atoms with Crippen LogP contribution in [-0.4, -0.2) is 18.2 Å². The van der Waals surface area contributed by atoms with Gasteiger partial charge in [0.2, 0.25) is 0 Å². The maximum absolute atomic E-state index is 8.46. The average Bonchev–Trinajstić information content (AvgIpc) is 2.21. The number of rotatable bonds is 3. The smallest absolute Gasteiger partial charge is 0.0639 e. The van der Waals surface area contributed by atoms with Crippen molar-refractivity contribution in [3.8, 4) is 0 Å². The van der Waals surface area contributed by atoms with Crippen LogP contribution in [0.4, 0.5) is 0 Å². The molecule has 0 saturated carbocycles. The maximum atomic E-state index is 8.46. The van der Waals surface area contributed by atoms with E-state index in [1.54, 1.807) is 0 Å². The van der Waals surface area contributed by atoms with E-state index in [0.717, 1.165) is 12.8 Å². The van der Waals surface area contributed by atoms with Crippen molar-refractivity contribution in [2.75, 3.05) is 0 Å². The van der Waals surface area contributed by atoms with Gasteiger partial charge in [-0.25, -0.2) is 0 Å². The van der Waals surface area contributed by atoms with E-state index in [4.69, 9.17) is 10.3 Å². The van der Waals surface area contributed by atoms with Gasteiger partial charge in [0, 0.05) is 4.91 Å². The van der Waals surface area contributed by atoms with E-state index < -0.39 is 0 Å². The second-order valence-corrected chi connectivity index (χ2v) is 6.09. The topological polar surface area (TPSA) is 58.0 Å². The third-order valence-electron chi connectivity index (χ3n) is 3.01. The number of hydrogen-bond acceptors (Lipinski definition) is 2. The van der Waals surface area contributed by atoms with Crippen LogP contribution >= 0.6 is 22.6 Å². The molecular formula is C11H18IN3O. The Morgan fingerprint density at radius 1 is 1.62 bits per heavy atom. The van der Waals surface area contributed by atoms with Gasteiger partial charge < -0.3 is 4.74 Å². The molecule has 4 atom stereocenters. The average molecular weight is 335 g/mol. The van der Waals surface area contributed by atoms with Crippen LogP contribution in [-0.2, 0) is 4.74 Å². The number of halogens is 1. The normalized spacial score (nSPS) is 35.6. The van der Waals surface area contributed by atoms with Crippen LogP contribution in [0.3, 0.4) is 0 Å². The second kappa shape index (κ2) is 6.47. The standard InChI is InChI=1S/C11H18IN3O/c1-7-6-10(14-15-13)9(3)16-11(7)5-4-8(2)12/h4,7,9-11H,5-6H2,1-3H3/b8-4+/t7-,9+,10+,11-/m0/s1. The van der Waals surface area contributed by atoms with E-state index in [1.165, 1.54) is 3.58 Å². The maximum Gasteiger partial charge on any atom is 0.0639 e. The fourth-order valence-electron chi connectivity index (χ4n) is 2.00. The molecule has 1 heterocycles. The minimum atomic E-state index is -0.0130. The lowest BCUT2D eigenvalue weighted by atomic mass is 9.89. The van der Waals surface area contributed by atoms with Crippen LogP contribution in [0.1, 0.15) is 33.6 Å². The van der Waals surface area contributed by atoms with Crippen LogP contribution in [0.25, 0.3) is 10.4 Å². The molecule has 90 valence electrons. The van der Waals surface area contributed by atoms with Gasteiger partial charge in [-0.1, -0.05) is 18.1 Å². The fourth-order valence-corrected chi connectivity index (χ4v) is 2.25. The third kappa shape index (κ3) is 3.96. The van der Waals surface area contributed by atoms with Crippen molar-refractivity contribution in [3.05, 3.63) is 20.1 Å². The van der Waals surface area contributed by atoms with Crippen molar-refractivity contribution < 1.29 is 4.74 Å². The molecule has 0 aromatic rings. The van der Waals surface area contributed by atoms with Crippen molar-refractivity contribution in [3.63, 3.8) is 0 Å². The van der Waals surface area contributed by atoms with Gasteiger partial charge in [0.05, 0.1) is 18.2 Å². The van der Waals surface area contributed by atoms with Gasteiger partial charge in [-0.2, -0.15) is 0 Å². The summed E-state index contributed by atoms with van der Waals surface area (Å²) in [5.74, 6) is 0.443. The van der Waals surface area contributed by atoms with Gasteiger partial charge >= 0.3 is 0 Å². The predicted molar refractivity (Wildman–Crippen MR) is 73.4 cm³/mol. The Morgan fingerprint density at radius 3 is 2.88 bits per heavy atom. The molecule has 1 fully saturated rings. The highest BCUT2D eigenvalue weighted by molar-refractivity contribution is 14.1. The van der Waals surface area contributed by atoms with E-state index in [9.17, 15) is 0 Å². The van der Waals surface area contributed by atoms with Gasteiger partial charge in [-0.05, 0) is 64.3 Å². The van der Waals surface area contributed by atoms with Crippen LogP contribution in [0, 0.1) is 5.92 Å². The molecule has 0 radical (unpaired) electrons. The summed E-state index contributed by atoms with van der Waals surface area (Å²) in [5, 5.41) is 3.78. The molecule has 1 rings (SSSR count). The SMILES string of the molecule is C/C(I)=C\C[C@@H]1O[C@H](C)[C@H](N=[N+]=[N-])C[C@@H]1C. The highest BCUT2D eigenvalue weighted by atomic mass is 127. The number of nitrogens with zero attached hydrogens (tertiary/aromatic N) is 3. The Bertz CT molecular complexity index is 308. The molecule has 0 unspecified atom stereocenters. The summed E-state index contributed by atoms with van der Waals surface area (Å²) in [7, 11) is 0. The van der Waals surface area contributed by atoms with Crippen LogP contribution < -0.4 is 0 Å². The summed E-state index contributed by atoms with van der Waals surface area (Å²) in [4.78, 5) is 2.88. The monoisotopic (exact) mass is 335 g/mol. The first kappa shape index (κ1) is 13.8. The molecule has 1 aliphatic heterocycles. The second-order valence-electron chi connectivity index (χ2n) is 4.39. The number of allylic oxidation sites excluding steroid dienone is 1. The molecular weight excluding hydrogens is 317 g/mol. The van der Waals surface area contributed by atoms with E-state index in [1.807, 2.05) is 6.92 Å². The highest BCUT2D eigenvalue weighted by Crippen LogP contribution is 2.29. The Kier molecular flexibility index (Phi) is 5.58. The summed E-state index contributed by atoms with van der Waals surface area (Å²) in [6, 6.07) is -0.0130. The fraction of sp³-hybridized carbons (Fsp3) is 0.818.